The molecule has 1 aromatic heterocycles. The summed E-state index contributed by atoms with van der Waals surface area (Å²) in [5.74, 6) is 1.81. The molecule has 0 radical (unpaired) electrons. The molecular formula is C16H27N3O2. The third-order valence-corrected chi connectivity index (χ3v) is 4.81. The first-order valence-corrected chi connectivity index (χ1v) is 8.53. The molecule has 2 aliphatic rings. The Hall–Kier alpha value is -0.940. The lowest BCUT2D eigenvalue weighted by Crippen LogP contribution is -2.27. The van der Waals surface area contributed by atoms with Crippen LogP contribution in [0.5, 0.6) is 0 Å². The molecule has 1 atom stereocenters. The molecular weight excluding hydrogens is 266 g/mol. The molecule has 2 saturated carbocycles. The minimum absolute atomic E-state index is 0.267. The van der Waals surface area contributed by atoms with Crippen LogP contribution in [0, 0.1) is 0 Å². The van der Waals surface area contributed by atoms with Gasteiger partial charge in [-0.1, -0.05) is 37.3 Å². The predicted octanol–water partition coefficient (Wildman–Crippen LogP) is 3.47. The third kappa shape index (κ3) is 4.04. The van der Waals surface area contributed by atoms with Gasteiger partial charge in [0.25, 0.3) is 0 Å². The van der Waals surface area contributed by atoms with Crippen LogP contribution in [-0.4, -0.2) is 22.9 Å². The minimum Gasteiger partial charge on any atom is -0.376 e. The van der Waals surface area contributed by atoms with Gasteiger partial charge in [-0.15, -0.1) is 0 Å². The second-order valence-corrected chi connectivity index (χ2v) is 6.53. The Morgan fingerprint density at radius 2 is 1.76 bits per heavy atom. The smallest absolute Gasteiger partial charge is 0.229 e. The number of aromatic nitrogens is 2. The molecule has 0 aromatic carbocycles. The summed E-state index contributed by atoms with van der Waals surface area (Å²) in [6.07, 6.45) is 12.9. The lowest BCUT2D eigenvalue weighted by Gasteiger charge is -2.26. The lowest BCUT2D eigenvalue weighted by molar-refractivity contribution is -0.00549. The maximum absolute atomic E-state index is 6.11. The molecule has 0 bridgehead atoms. The molecule has 2 fully saturated rings. The molecule has 2 N–H and O–H groups in total. The highest BCUT2D eigenvalue weighted by Crippen LogP contribution is 2.30. The van der Waals surface area contributed by atoms with Gasteiger partial charge in [0.1, 0.15) is 0 Å². The highest BCUT2D eigenvalue weighted by atomic mass is 16.5. The monoisotopic (exact) mass is 293 g/mol. The van der Waals surface area contributed by atoms with E-state index in [1.807, 2.05) is 0 Å². The van der Waals surface area contributed by atoms with Crippen LogP contribution >= 0.6 is 0 Å². The van der Waals surface area contributed by atoms with Crippen molar-refractivity contribution in [2.75, 3.05) is 6.61 Å². The van der Waals surface area contributed by atoms with Crippen LogP contribution in [0.4, 0.5) is 0 Å². The SMILES string of the molecule is NC(COC1CCC1)c1noc(C2CCCCCCC2)n1. The number of nitrogens with zero attached hydrogens (tertiary/aromatic N) is 2. The van der Waals surface area contributed by atoms with E-state index in [2.05, 4.69) is 10.1 Å². The number of hydrogen-bond acceptors (Lipinski definition) is 5. The summed E-state index contributed by atoms with van der Waals surface area (Å²) in [4.78, 5) is 4.55. The number of ether oxygens (including phenoxy) is 1. The Labute approximate surface area is 126 Å². The normalized spacial score (nSPS) is 23.3. The van der Waals surface area contributed by atoms with Crippen LogP contribution < -0.4 is 5.73 Å². The number of nitrogens with two attached hydrogens (primary N) is 1. The fourth-order valence-electron chi connectivity index (χ4n) is 3.12. The van der Waals surface area contributed by atoms with Crippen molar-refractivity contribution in [3.63, 3.8) is 0 Å². The molecule has 21 heavy (non-hydrogen) atoms. The van der Waals surface area contributed by atoms with Crippen LogP contribution in [0.15, 0.2) is 4.52 Å². The van der Waals surface area contributed by atoms with Gasteiger partial charge in [-0.25, -0.2) is 0 Å². The fraction of sp³-hybridized carbons (Fsp3) is 0.875. The molecule has 5 heteroatoms. The number of hydrogen-bond donors (Lipinski definition) is 1. The molecule has 1 aromatic rings. The van der Waals surface area contributed by atoms with Gasteiger partial charge in [0, 0.05) is 5.92 Å². The van der Waals surface area contributed by atoms with Gasteiger partial charge in [0.15, 0.2) is 5.82 Å². The van der Waals surface area contributed by atoms with Crippen molar-refractivity contribution in [1.82, 2.24) is 10.1 Å². The second-order valence-electron chi connectivity index (χ2n) is 6.53. The summed E-state index contributed by atoms with van der Waals surface area (Å²) in [6, 6.07) is -0.267. The zero-order valence-electron chi connectivity index (χ0n) is 12.8. The zero-order chi connectivity index (χ0) is 14.5. The summed E-state index contributed by atoms with van der Waals surface area (Å²) in [6.45, 7) is 0.494. The van der Waals surface area contributed by atoms with Crippen molar-refractivity contribution in [3.8, 4) is 0 Å². The molecule has 0 spiro atoms. The minimum atomic E-state index is -0.267. The molecule has 5 nitrogen and oxygen atoms in total. The van der Waals surface area contributed by atoms with Crippen molar-refractivity contribution in [1.29, 1.82) is 0 Å². The Balaban J connectivity index is 1.53. The molecule has 1 unspecified atom stereocenters. The van der Waals surface area contributed by atoms with E-state index in [0.717, 1.165) is 31.6 Å². The van der Waals surface area contributed by atoms with Crippen molar-refractivity contribution in [3.05, 3.63) is 11.7 Å². The van der Waals surface area contributed by atoms with Crippen LogP contribution in [0.1, 0.15) is 87.9 Å². The maximum Gasteiger partial charge on any atom is 0.229 e. The average molecular weight is 293 g/mol. The van der Waals surface area contributed by atoms with E-state index in [-0.39, 0.29) is 6.04 Å². The standard InChI is InChI=1S/C16H27N3O2/c17-14(11-20-13-9-6-10-13)15-18-16(21-19-15)12-7-4-2-1-3-5-8-12/h12-14H,1-11,17H2. The van der Waals surface area contributed by atoms with Crippen LogP contribution in [0.3, 0.4) is 0 Å². The predicted molar refractivity (Wildman–Crippen MR) is 79.9 cm³/mol. The van der Waals surface area contributed by atoms with E-state index in [0.29, 0.717) is 24.5 Å². The second kappa shape index (κ2) is 7.36. The first-order chi connectivity index (χ1) is 10.3. The van der Waals surface area contributed by atoms with Crippen LogP contribution in [-0.2, 0) is 4.74 Å². The van der Waals surface area contributed by atoms with Gasteiger partial charge in [-0.2, -0.15) is 4.98 Å². The van der Waals surface area contributed by atoms with E-state index in [4.69, 9.17) is 15.0 Å². The van der Waals surface area contributed by atoms with E-state index < -0.39 is 0 Å². The van der Waals surface area contributed by atoms with Crippen LogP contribution in [0.2, 0.25) is 0 Å². The molecule has 0 aliphatic heterocycles. The topological polar surface area (TPSA) is 74.2 Å². The molecule has 3 rings (SSSR count). The van der Waals surface area contributed by atoms with E-state index in [9.17, 15) is 0 Å². The van der Waals surface area contributed by atoms with Gasteiger partial charge < -0.3 is 15.0 Å². The highest BCUT2D eigenvalue weighted by molar-refractivity contribution is 4.98. The zero-order valence-corrected chi connectivity index (χ0v) is 12.8. The van der Waals surface area contributed by atoms with Crippen molar-refractivity contribution in [2.24, 2.45) is 5.73 Å². The van der Waals surface area contributed by atoms with Gasteiger partial charge in [-0.3, -0.25) is 0 Å². The maximum atomic E-state index is 6.11. The highest BCUT2D eigenvalue weighted by Gasteiger charge is 2.24. The lowest BCUT2D eigenvalue weighted by atomic mass is 9.91. The largest absolute Gasteiger partial charge is 0.376 e. The average Bonchev–Trinajstić information content (AvgIpc) is 2.86. The summed E-state index contributed by atoms with van der Waals surface area (Å²) < 4.78 is 11.2. The summed E-state index contributed by atoms with van der Waals surface area (Å²) in [5, 5.41) is 4.08. The molecule has 0 saturated heterocycles. The summed E-state index contributed by atoms with van der Waals surface area (Å²) >= 11 is 0. The van der Waals surface area contributed by atoms with Gasteiger partial charge in [0.05, 0.1) is 18.8 Å². The molecule has 118 valence electrons. The molecule has 2 aliphatic carbocycles. The Kier molecular flexibility index (Phi) is 5.25. The third-order valence-electron chi connectivity index (χ3n) is 4.81. The summed E-state index contributed by atoms with van der Waals surface area (Å²) in [5.41, 5.74) is 6.11. The Morgan fingerprint density at radius 1 is 1.05 bits per heavy atom. The molecule has 1 heterocycles. The molecule has 0 amide bonds. The fourth-order valence-corrected chi connectivity index (χ4v) is 3.12. The van der Waals surface area contributed by atoms with Crippen molar-refractivity contribution >= 4 is 0 Å². The van der Waals surface area contributed by atoms with E-state index in [1.54, 1.807) is 0 Å². The first kappa shape index (κ1) is 15.0. The van der Waals surface area contributed by atoms with E-state index in [1.165, 1.54) is 38.5 Å². The van der Waals surface area contributed by atoms with Crippen molar-refractivity contribution < 1.29 is 9.26 Å². The summed E-state index contributed by atoms with van der Waals surface area (Å²) in [7, 11) is 0. The Bertz CT molecular complexity index is 423. The van der Waals surface area contributed by atoms with Crippen molar-refractivity contribution in [2.45, 2.75) is 82.3 Å². The van der Waals surface area contributed by atoms with Gasteiger partial charge >= 0.3 is 0 Å². The quantitative estimate of drug-likeness (QED) is 0.899. The van der Waals surface area contributed by atoms with Crippen LogP contribution in [0.25, 0.3) is 0 Å². The number of rotatable bonds is 5. The van der Waals surface area contributed by atoms with Gasteiger partial charge in [-0.05, 0) is 32.1 Å². The van der Waals surface area contributed by atoms with E-state index >= 15 is 0 Å². The van der Waals surface area contributed by atoms with Gasteiger partial charge in [0.2, 0.25) is 5.89 Å². The Morgan fingerprint density at radius 3 is 2.43 bits per heavy atom. The first-order valence-electron chi connectivity index (χ1n) is 8.53.